The van der Waals surface area contributed by atoms with Gasteiger partial charge >= 0.3 is 0 Å². The minimum absolute atomic E-state index is 0.00569. The molecule has 1 heterocycles. The highest BCUT2D eigenvalue weighted by molar-refractivity contribution is 5.94. The van der Waals surface area contributed by atoms with E-state index in [-0.39, 0.29) is 11.8 Å². The van der Waals surface area contributed by atoms with Gasteiger partial charge < -0.3 is 14.4 Å². The van der Waals surface area contributed by atoms with Gasteiger partial charge in [-0.3, -0.25) is 4.79 Å². The first kappa shape index (κ1) is 16.8. The van der Waals surface area contributed by atoms with Gasteiger partial charge in [0.1, 0.15) is 11.5 Å². The fourth-order valence-corrected chi connectivity index (χ4v) is 3.23. The van der Waals surface area contributed by atoms with Gasteiger partial charge in [-0.1, -0.05) is 0 Å². The second-order valence-corrected chi connectivity index (χ2v) is 6.03. The van der Waals surface area contributed by atoms with Gasteiger partial charge in [0.25, 0.3) is 5.91 Å². The molecule has 1 aliphatic rings. The number of amides is 1. The molecule has 5 heteroatoms. The van der Waals surface area contributed by atoms with Crippen LogP contribution in [0, 0.1) is 11.3 Å². The van der Waals surface area contributed by atoms with Crippen LogP contribution in [0.4, 0.5) is 0 Å². The smallest absolute Gasteiger partial charge is 0.253 e. The summed E-state index contributed by atoms with van der Waals surface area (Å²) in [6, 6.07) is 14.6. The van der Waals surface area contributed by atoms with E-state index in [0.29, 0.717) is 24.2 Å². The number of carbonyl (C=O) groups excluding carboxylic acids is 1. The predicted octanol–water partition coefficient (Wildman–Crippen LogP) is 3.21. The van der Waals surface area contributed by atoms with Crippen LogP contribution in [-0.4, -0.2) is 38.1 Å². The summed E-state index contributed by atoms with van der Waals surface area (Å²) in [4.78, 5) is 14.5. The van der Waals surface area contributed by atoms with Gasteiger partial charge in [-0.25, -0.2) is 0 Å². The molecule has 5 nitrogen and oxygen atoms in total. The largest absolute Gasteiger partial charge is 0.497 e. The number of hydrogen-bond acceptors (Lipinski definition) is 4. The molecule has 0 bridgehead atoms. The first-order chi connectivity index (χ1) is 12.2. The Morgan fingerprint density at radius 2 is 1.92 bits per heavy atom. The summed E-state index contributed by atoms with van der Waals surface area (Å²) in [6.07, 6.45) is 0.881. The highest BCUT2D eigenvalue weighted by Crippen LogP contribution is 2.36. The molecule has 1 fully saturated rings. The van der Waals surface area contributed by atoms with E-state index in [2.05, 4.69) is 6.07 Å². The normalized spacial score (nSPS) is 16.4. The second-order valence-electron chi connectivity index (χ2n) is 6.03. The zero-order chi connectivity index (χ0) is 17.8. The van der Waals surface area contributed by atoms with Crippen LogP contribution in [0.2, 0.25) is 0 Å². The van der Waals surface area contributed by atoms with Crippen LogP contribution in [0.15, 0.2) is 42.5 Å². The van der Waals surface area contributed by atoms with E-state index in [1.54, 1.807) is 38.5 Å². The standard InChI is InChI=1S/C20H20N2O3/c1-24-17-7-8-19(25-2)18(11-17)16-9-10-22(13-16)20(23)15-5-3-14(12-21)4-6-15/h3-8,11,16H,9-10,13H2,1-2H3/t16-/m1/s1. The van der Waals surface area contributed by atoms with Crippen molar-refractivity contribution in [1.29, 1.82) is 5.26 Å². The molecule has 0 N–H and O–H groups in total. The molecule has 0 spiro atoms. The van der Waals surface area contributed by atoms with E-state index in [4.69, 9.17) is 14.7 Å². The van der Waals surface area contributed by atoms with Crippen LogP contribution in [0.1, 0.15) is 33.8 Å². The van der Waals surface area contributed by atoms with Gasteiger partial charge in [-0.2, -0.15) is 5.26 Å². The molecule has 0 aromatic heterocycles. The summed E-state index contributed by atoms with van der Waals surface area (Å²) in [5.74, 6) is 1.81. The molecule has 128 valence electrons. The van der Waals surface area contributed by atoms with Crippen LogP contribution < -0.4 is 9.47 Å². The maximum absolute atomic E-state index is 12.7. The van der Waals surface area contributed by atoms with Crippen LogP contribution >= 0.6 is 0 Å². The van der Waals surface area contributed by atoms with Crippen molar-refractivity contribution in [3.05, 3.63) is 59.2 Å². The predicted molar refractivity (Wildman–Crippen MR) is 94.0 cm³/mol. The third-order valence-corrected chi connectivity index (χ3v) is 4.61. The van der Waals surface area contributed by atoms with Crippen LogP contribution in [-0.2, 0) is 0 Å². The van der Waals surface area contributed by atoms with E-state index in [9.17, 15) is 4.79 Å². The Balaban J connectivity index is 1.77. The van der Waals surface area contributed by atoms with Crippen molar-refractivity contribution in [2.24, 2.45) is 0 Å². The van der Waals surface area contributed by atoms with E-state index in [0.717, 1.165) is 23.5 Å². The molecule has 3 rings (SSSR count). The molecule has 1 amide bonds. The Kier molecular flexibility index (Phi) is 4.90. The maximum Gasteiger partial charge on any atom is 0.253 e. The van der Waals surface area contributed by atoms with Crippen molar-refractivity contribution in [3.8, 4) is 17.6 Å². The second kappa shape index (κ2) is 7.27. The molecular formula is C20H20N2O3. The average Bonchev–Trinajstić information content (AvgIpc) is 3.17. The van der Waals surface area contributed by atoms with Crippen LogP contribution in [0.3, 0.4) is 0 Å². The number of benzene rings is 2. The summed E-state index contributed by atoms with van der Waals surface area (Å²) in [7, 11) is 3.29. The van der Waals surface area contributed by atoms with Gasteiger partial charge in [-0.05, 0) is 48.9 Å². The summed E-state index contributed by atoms with van der Waals surface area (Å²) < 4.78 is 10.8. The molecule has 0 unspecified atom stereocenters. The van der Waals surface area contributed by atoms with E-state index < -0.39 is 0 Å². The van der Waals surface area contributed by atoms with Gasteiger partial charge in [0.15, 0.2) is 0 Å². The van der Waals surface area contributed by atoms with Crippen molar-refractivity contribution < 1.29 is 14.3 Å². The van der Waals surface area contributed by atoms with Crippen molar-refractivity contribution in [2.75, 3.05) is 27.3 Å². The SMILES string of the molecule is COc1ccc(OC)c([C@@H]2CCN(C(=O)c3ccc(C#N)cc3)C2)c1. The molecule has 1 atom stereocenters. The molecule has 1 aliphatic heterocycles. The minimum atomic E-state index is -0.00569. The van der Waals surface area contributed by atoms with Crippen LogP contribution in [0.5, 0.6) is 11.5 Å². The number of carbonyl (C=O) groups is 1. The Morgan fingerprint density at radius 3 is 2.56 bits per heavy atom. The Labute approximate surface area is 147 Å². The number of nitriles is 1. The minimum Gasteiger partial charge on any atom is -0.497 e. The average molecular weight is 336 g/mol. The molecule has 2 aromatic carbocycles. The Morgan fingerprint density at radius 1 is 1.16 bits per heavy atom. The number of likely N-dealkylation sites (tertiary alicyclic amines) is 1. The quantitative estimate of drug-likeness (QED) is 0.860. The lowest BCUT2D eigenvalue weighted by Gasteiger charge is -2.18. The molecule has 25 heavy (non-hydrogen) atoms. The summed E-state index contributed by atoms with van der Waals surface area (Å²) in [6.45, 7) is 1.34. The van der Waals surface area contributed by atoms with Crippen molar-refractivity contribution in [3.63, 3.8) is 0 Å². The molecule has 2 aromatic rings. The van der Waals surface area contributed by atoms with Gasteiger partial charge in [0, 0.05) is 30.1 Å². The van der Waals surface area contributed by atoms with E-state index >= 15 is 0 Å². The van der Waals surface area contributed by atoms with Crippen molar-refractivity contribution in [2.45, 2.75) is 12.3 Å². The maximum atomic E-state index is 12.7. The monoisotopic (exact) mass is 336 g/mol. The number of ether oxygens (including phenoxy) is 2. The van der Waals surface area contributed by atoms with Crippen molar-refractivity contribution >= 4 is 5.91 Å². The lowest BCUT2D eigenvalue weighted by molar-refractivity contribution is 0.0790. The molecule has 0 aliphatic carbocycles. The summed E-state index contributed by atoms with van der Waals surface area (Å²) in [5.41, 5.74) is 2.23. The third-order valence-electron chi connectivity index (χ3n) is 4.61. The highest BCUT2D eigenvalue weighted by atomic mass is 16.5. The number of nitrogens with zero attached hydrogens (tertiary/aromatic N) is 2. The topological polar surface area (TPSA) is 62.6 Å². The van der Waals surface area contributed by atoms with E-state index in [1.807, 2.05) is 23.1 Å². The highest BCUT2D eigenvalue weighted by Gasteiger charge is 2.30. The first-order valence-electron chi connectivity index (χ1n) is 8.17. The van der Waals surface area contributed by atoms with Gasteiger partial charge in [0.05, 0.1) is 25.9 Å². The van der Waals surface area contributed by atoms with Crippen LogP contribution in [0.25, 0.3) is 0 Å². The lowest BCUT2D eigenvalue weighted by atomic mass is 9.97. The molecule has 0 radical (unpaired) electrons. The van der Waals surface area contributed by atoms with E-state index in [1.165, 1.54) is 0 Å². The Bertz CT molecular complexity index is 809. The zero-order valence-corrected chi connectivity index (χ0v) is 14.4. The molecule has 1 saturated heterocycles. The van der Waals surface area contributed by atoms with Gasteiger partial charge in [-0.15, -0.1) is 0 Å². The Hall–Kier alpha value is -3.00. The summed E-state index contributed by atoms with van der Waals surface area (Å²) >= 11 is 0. The fraction of sp³-hybridized carbons (Fsp3) is 0.300. The number of methoxy groups -OCH3 is 2. The summed E-state index contributed by atoms with van der Waals surface area (Å²) in [5, 5.41) is 8.86. The van der Waals surface area contributed by atoms with Gasteiger partial charge in [0.2, 0.25) is 0 Å². The zero-order valence-electron chi connectivity index (χ0n) is 14.4. The lowest BCUT2D eigenvalue weighted by Crippen LogP contribution is -2.28. The molecule has 0 saturated carbocycles. The number of rotatable bonds is 4. The fourth-order valence-electron chi connectivity index (χ4n) is 3.23. The first-order valence-corrected chi connectivity index (χ1v) is 8.17. The third kappa shape index (κ3) is 3.43. The molecular weight excluding hydrogens is 316 g/mol. The van der Waals surface area contributed by atoms with Crippen molar-refractivity contribution in [1.82, 2.24) is 4.90 Å². The number of hydrogen-bond donors (Lipinski definition) is 0.